The zero-order valence-corrected chi connectivity index (χ0v) is 16.8. The molecule has 2 aromatic heterocycles. The Morgan fingerprint density at radius 3 is 2.53 bits per heavy atom. The Hall–Kier alpha value is -3.03. The lowest BCUT2D eigenvalue weighted by atomic mass is 9.93. The van der Waals surface area contributed by atoms with Crippen LogP contribution in [-0.2, 0) is 6.18 Å². The Morgan fingerprint density at radius 2 is 1.87 bits per heavy atom. The second-order valence-electron chi connectivity index (χ2n) is 7.86. The molecular formula is C22H23F3N4O. The maximum absolute atomic E-state index is 12.9. The molecule has 1 saturated heterocycles. The molecule has 0 bridgehead atoms. The lowest BCUT2D eigenvalue weighted by Crippen LogP contribution is -2.38. The number of likely N-dealkylation sites (tertiary alicyclic amines) is 1. The molecule has 158 valence electrons. The quantitative estimate of drug-likeness (QED) is 0.675. The van der Waals surface area contributed by atoms with E-state index in [-0.39, 0.29) is 11.8 Å². The van der Waals surface area contributed by atoms with Crippen LogP contribution in [0.3, 0.4) is 0 Å². The highest BCUT2D eigenvalue weighted by atomic mass is 19.4. The van der Waals surface area contributed by atoms with Crippen molar-refractivity contribution in [1.82, 2.24) is 14.9 Å². The van der Waals surface area contributed by atoms with Crippen LogP contribution in [0.15, 0.2) is 42.5 Å². The van der Waals surface area contributed by atoms with Gasteiger partial charge in [0.05, 0.1) is 11.0 Å². The van der Waals surface area contributed by atoms with Gasteiger partial charge in [-0.25, -0.2) is 4.98 Å². The van der Waals surface area contributed by atoms with Gasteiger partial charge in [-0.1, -0.05) is 6.07 Å². The molecule has 1 fully saturated rings. The molecule has 0 unspecified atom stereocenters. The van der Waals surface area contributed by atoms with Crippen molar-refractivity contribution in [3.8, 4) is 0 Å². The van der Waals surface area contributed by atoms with Gasteiger partial charge in [0.1, 0.15) is 5.69 Å². The van der Waals surface area contributed by atoms with Crippen LogP contribution in [-0.4, -0.2) is 48.0 Å². The Bertz CT molecular complexity index is 1070. The molecule has 0 aliphatic carbocycles. The maximum Gasteiger partial charge on any atom is 0.433 e. The van der Waals surface area contributed by atoms with Crippen LogP contribution in [0, 0.1) is 0 Å². The molecule has 1 N–H and O–H groups in total. The molecule has 3 aromatic rings. The molecule has 0 atom stereocenters. The molecule has 30 heavy (non-hydrogen) atoms. The first-order valence-electron chi connectivity index (χ1n) is 9.86. The highest BCUT2D eigenvalue weighted by Gasteiger charge is 2.33. The van der Waals surface area contributed by atoms with Crippen LogP contribution in [0.1, 0.15) is 40.5 Å². The summed E-state index contributed by atoms with van der Waals surface area (Å²) in [5.74, 6) is 0.163. The van der Waals surface area contributed by atoms with Gasteiger partial charge < -0.3 is 14.8 Å². The SMILES string of the molecule is CN(C)c1cccc(C(=O)N2CCC(c3cc4nc(C(F)(F)F)ccc4[nH]3)CC2)c1. The molecule has 1 amide bonds. The molecule has 0 radical (unpaired) electrons. The maximum atomic E-state index is 12.9. The van der Waals surface area contributed by atoms with Crippen LogP contribution in [0.4, 0.5) is 18.9 Å². The summed E-state index contributed by atoms with van der Waals surface area (Å²) in [5, 5.41) is 0. The lowest BCUT2D eigenvalue weighted by Gasteiger charge is -2.32. The van der Waals surface area contributed by atoms with Gasteiger partial charge in [0.25, 0.3) is 5.91 Å². The summed E-state index contributed by atoms with van der Waals surface area (Å²) < 4.78 is 38.7. The number of benzene rings is 1. The summed E-state index contributed by atoms with van der Waals surface area (Å²) in [6.07, 6.45) is -2.96. The molecule has 8 heteroatoms. The monoisotopic (exact) mass is 416 g/mol. The zero-order valence-electron chi connectivity index (χ0n) is 16.8. The van der Waals surface area contributed by atoms with Crippen molar-refractivity contribution in [3.05, 3.63) is 59.4 Å². The number of fused-ring (bicyclic) bond motifs is 1. The predicted octanol–water partition coefficient (Wildman–Crippen LogP) is 4.67. The number of pyridine rings is 1. The van der Waals surface area contributed by atoms with Gasteiger partial charge in [-0.2, -0.15) is 13.2 Å². The van der Waals surface area contributed by atoms with Crippen LogP contribution in [0.2, 0.25) is 0 Å². The Kier molecular flexibility index (Phi) is 5.17. The molecular weight excluding hydrogens is 393 g/mol. The third-order valence-corrected chi connectivity index (χ3v) is 5.62. The largest absolute Gasteiger partial charge is 0.433 e. The van der Waals surface area contributed by atoms with Gasteiger partial charge >= 0.3 is 6.18 Å². The number of alkyl halides is 3. The standard InChI is InChI=1S/C22H23F3N4O/c1-28(2)16-5-3-4-15(12-16)21(30)29-10-8-14(9-11-29)18-13-19-17(26-18)6-7-20(27-19)22(23,24)25/h3-7,12-14,26H,8-11H2,1-2H3. The number of amides is 1. The van der Waals surface area contributed by atoms with Crippen molar-refractivity contribution in [1.29, 1.82) is 0 Å². The summed E-state index contributed by atoms with van der Waals surface area (Å²) in [5.41, 5.74) is 2.53. The normalized spacial score (nSPS) is 15.6. The van der Waals surface area contributed by atoms with E-state index in [9.17, 15) is 18.0 Å². The second kappa shape index (κ2) is 7.66. The Morgan fingerprint density at radius 1 is 1.13 bits per heavy atom. The summed E-state index contributed by atoms with van der Waals surface area (Å²) in [6, 6.07) is 11.7. The number of nitrogens with zero attached hydrogens (tertiary/aromatic N) is 3. The fraction of sp³-hybridized carbons (Fsp3) is 0.364. The smallest absolute Gasteiger partial charge is 0.378 e. The van der Waals surface area contributed by atoms with Gasteiger partial charge in [-0.15, -0.1) is 0 Å². The number of aromatic amines is 1. The van der Waals surface area contributed by atoms with Gasteiger partial charge in [0.2, 0.25) is 0 Å². The molecule has 3 heterocycles. The van der Waals surface area contributed by atoms with E-state index in [2.05, 4.69) is 9.97 Å². The van der Waals surface area contributed by atoms with Crippen LogP contribution < -0.4 is 4.90 Å². The number of nitrogens with one attached hydrogen (secondary N) is 1. The van der Waals surface area contributed by atoms with E-state index in [4.69, 9.17) is 0 Å². The number of hydrogen-bond acceptors (Lipinski definition) is 3. The highest BCUT2D eigenvalue weighted by Crippen LogP contribution is 2.32. The van der Waals surface area contributed by atoms with Crippen molar-refractivity contribution in [2.24, 2.45) is 0 Å². The molecule has 0 spiro atoms. The van der Waals surface area contributed by atoms with Gasteiger partial charge in [0, 0.05) is 50.0 Å². The van der Waals surface area contributed by atoms with E-state index in [1.54, 1.807) is 6.07 Å². The predicted molar refractivity (Wildman–Crippen MR) is 110 cm³/mol. The number of carbonyl (C=O) groups is 1. The third-order valence-electron chi connectivity index (χ3n) is 5.62. The molecule has 1 aliphatic heterocycles. The highest BCUT2D eigenvalue weighted by molar-refractivity contribution is 5.95. The molecule has 5 nitrogen and oxygen atoms in total. The minimum Gasteiger partial charge on any atom is -0.378 e. The molecule has 1 aliphatic rings. The van der Waals surface area contributed by atoms with E-state index in [1.165, 1.54) is 6.07 Å². The molecule has 4 rings (SSSR count). The van der Waals surface area contributed by atoms with E-state index < -0.39 is 11.9 Å². The number of carbonyl (C=O) groups excluding carboxylic acids is 1. The third kappa shape index (κ3) is 3.99. The van der Waals surface area contributed by atoms with Gasteiger partial charge in [0.15, 0.2) is 0 Å². The summed E-state index contributed by atoms with van der Waals surface area (Å²) in [7, 11) is 3.86. The minimum absolute atomic E-state index is 0.00489. The number of H-pyrrole nitrogens is 1. The van der Waals surface area contributed by atoms with Crippen molar-refractivity contribution in [2.75, 3.05) is 32.1 Å². The topological polar surface area (TPSA) is 52.2 Å². The molecule has 1 aromatic carbocycles. The van der Waals surface area contributed by atoms with E-state index >= 15 is 0 Å². The first-order valence-corrected chi connectivity index (χ1v) is 9.86. The van der Waals surface area contributed by atoms with Crippen molar-refractivity contribution in [3.63, 3.8) is 0 Å². The second-order valence-corrected chi connectivity index (χ2v) is 7.86. The summed E-state index contributed by atoms with van der Waals surface area (Å²) >= 11 is 0. The fourth-order valence-corrected chi connectivity index (χ4v) is 3.90. The van der Waals surface area contributed by atoms with Gasteiger partial charge in [-0.05, 0) is 49.2 Å². The molecule has 0 saturated carbocycles. The van der Waals surface area contributed by atoms with E-state index in [0.717, 1.165) is 30.3 Å². The lowest BCUT2D eigenvalue weighted by molar-refractivity contribution is -0.140. The number of anilines is 1. The average Bonchev–Trinajstić information content (AvgIpc) is 3.16. The Labute approximate surface area is 172 Å². The number of hydrogen-bond donors (Lipinski definition) is 1. The average molecular weight is 416 g/mol. The fourth-order valence-electron chi connectivity index (χ4n) is 3.90. The summed E-state index contributed by atoms with van der Waals surface area (Å²) in [4.78, 5) is 23.6. The Balaban J connectivity index is 1.45. The van der Waals surface area contributed by atoms with Crippen molar-refractivity contribution < 1.29 is 18.0 Å². The number of halogens is 3. The number of aromatic nitrogens is 2. The van der Waals surface area contributed by atoms with Gasteiger partial charge in [-0.3, -0.25) is 4.79 Å². The van der Waals surface area contributed by atoms with Crippen LogP contribution in [0.25, 0.3) is 11.0 Å². The van der Waals surface area contributed by atoms with E-state index in [0.29, 0.717) is 29.7 Å². The number of piperidine rings is 1. The summed E-state index contributed by atoms with van der Waals surface area (Å²) in [6.45, 7) is 1.21. The van der Waals surface area contributed by atoms with Crippen molar-refractivity contribution in [2.45, 2.75) is 24.9 Å². The van der Waals surface area contributed by atoms with Crippen LogP contribution >= 0.6 is 0 Å². The minimum atomic E-state index is -4.46. The van der Waals surface area contributed by atoms with Crippen LogP contribution in [0.5, 0.6) is 0 Å². The number of rotatable bonds is 3. The van der Waals surface area contributed by atoms with Crippen molar-refractivity contribution >= 4 is 22.6 Å². The zero-order chi connectivity index (χ0) is 21.5. The van der Waals surface area contributed by atoms with E-state index in [1.807, 2.05) is 48.2 Å². The first-order chi connectivity index (χ1) is 14.2. The first kappa shape index (κ1) is 20.3.